The molecule has 1 N–H and O–H groups in total. The molecule has 1 aliphatic rings. The summed E-state index contributed by atoms with van der Waals surface area (Å²) in [6.07, 6.45) is 2.37. The van der Waals surface area contributed by atoms with Gasteiger partial charge in [-0.1, -0.05) is 12.1 Å². The van der Waals surface area contributed by atoms with Gasteiger partial charge in [-0.3, -0.25) is 4.79 Å². The van der Waals surface area contributed by atoms with Crippen LogP contribution < -0.4 is 14.8 Å². The summed E-state index contributed by atoms with van der Waals surface area (Å²) in [5.41, 5.74) is -0.527. The van der Waals surface area contributed by atoms with Crippen LogP contribution in [0.15, 0.2) is 24.3 Å². The number of esters is 1. The molecule has 1 atom stereocenters. The molecule has 1 aromatic rings. The molecule has 1 saturated heterocycles. The molecule has 4 heteroatoms. The second-order valence-corrected chi connectivity index (χ2v) is 6.61. The van der Waals surface area contributed by atoms with Crippen LogP contribution in [0.3, 0.4) is 0 Å². The van der Waals surface area contributed by atoms with Crippen molar-refractivity contribution < 1.29 is 14.3 Å². The molecule has 0 bridgehead atoms. The largest absolute Gasteiger partial charge is 0.489 e. The van der Waals surface area contributed by atoms with Crippen molar-refractivity contribution in [2.24, 2.45) is 11.3 Å². The number of piperidine rings is 1. The third-order valence-corrected chi connectivity index (χ3v) is 3.54. The van der Waals surface area contributed by atoms with Gasteiger partial charge >= 0.3 is 5.97 Å². The highest BCUT2D eigenvalue weighted by atomic mass is 16.6. The molecule has 0 aliphatic carbocycles. The van der Waals surface area contributed by atoms with Crippen LogP contribution in [0.1, 0.15) is 33.6 Å². The predicted octanol–water partition coefficient (Wildman–Crippen LogP) is 3.02. The van der Waals surface area contributed by atoms with Gasteiger partial charge in [0.1, 0.15) is 0 Å². The van der Waals surface area contributed by atoms with E-state index in [1.807, 2.05) is 39.0 Å². The predicted molar refractivity (Wildman–Crippen MR) is 82.6 cm³/mol. The molecule has 0 unspecified atom stereocenters. The van der Waals surface area contributed by atoms with Crippen molar-refractivity contribution >= 4 is 5.97 Å². The fourth-order valence-corrected chi connectivity index (χ4v) is 2.18. The number of rotatable bonds is 4. The van der Waals surface area contributed by atoms with Gasteiger partial charge in [0.15, 0.2) is 11.5 Å². The van der Waals surface area contributed by atoms with Crippen molar-refractivity contribution in [3.8, 4) is 11.5 Å². The molecule has 1 heterocycles. The van der Waals surface area contributed by atoms with E-state index >= 15 is 0 Å². The zero-order valence-electron chi connectivity index (χ0n) is 13.1. The molecule has 1 aliphatic heterocycles. The monoisotopic (exact) mass is 291 g/mol. The first-order valence-electron chi connectivity index (χ1n) is 7.61. The van der Waals surface area contributed by atoms with E-state index in [1.54, 1.807) is 6.07 Å². The number of carbonyl (C=O) groups is 1. The van der Waals surface area contributed by atoms with Gasteiger partial charge in [-0.2, -0.15) is 0 Å². The molecular formula is C17H25NO3. The van der Waals surface area contributed by atoms with Gasteiger partial charge in [-0.15, -0.1) is 0 Å². The molecule has 0 aromatic heterocycles. The summed E-state index contributed by atoms with van der Waals surface area (Å²) in [7, 11) is 0. The number of para-hydroxylation sites is 2. The Kier molecular flexibility index (Phi) is 5.23. The van der Waals surface area contributed by atoms with Crippen LogP contribution in [0.2, 0.25) is 0 Å². The summed E-state index contributed by atoms with van der Waals surface area (Å²) in [6, 6.07) is 7.36. The smallest absolute Gasteiger partial charge is 0.316 e. The van der Waals surface area contributed by atoms with Crippen molar-refractivity contribution in [3.63, 3.8) is 0 Å². The number of carbonyl (C=O) groups excluding carboxylic acids is 1. The molecule has 116 valence electrons. The summed E-state index contributed by atoms with van der Waals surface area (Å²) in [6.45, 7) is 8.25. The van der Waals surface area contributed by atoms with E-state index in [9.17, 15) is 4.79 Å². The maximum atomic E-state index is 12.0. The van der Waals surface area contributed by atoms with Gasteiger partial charge in [0.25, 0.3) is 0 Å². The fraction of sp³-hybridized carbons (Fsp3) is 0.588. The van der Waals surface area contributed by atoms with Gasteiger partial charge in [-0.05, 0) is 52.3 Å². The van der Waals surface area contributed by atoms with Crippen LogP contribution in [0.25, 0.3) is 0 Å². The lowest BCUT2D eigenvalue weighted by Crippen LogP contribution is -2.33. The van der Waals surface area contributed by atoms with Crippen LogP contribution in [0.4, 0.5) is 0 Å². The number of ether oxygens (including phenoxy) is 2. The van der Waals surface area contributed by atoms with E-state index in [2.05, 4.69) is 5.32 Å². The summed E-state index contributed by atoms with van der Waals surface area (Å²) in [5, 5.41) is 3.37. The lowest BCUT2D eigenvalue weighted by Gasteiger charge is -2.23. The Morgan fingerprint density at radius 1 is 1.29 bits per heavy atom. The molecule has 21 heavy (non-hydrogen) atoms. The second kappa shape index (κ2) is 6.94. The zero-order valence-corrected chi connectivity index (χ0v) is 13.1. The first-order valence-corrected chi connectivity index (χ1v) is 7.61. The molecule has 0 spiro atoms. The van der Waals surface area contributed by atoms with Crippen LogP contribution >= 0.6 is 0 Å². The third-order valence-electron chi connectivity index (χ3n) is 3.54. The highest BCUT2D eigenvalue weighted by molar-refractivity contribution is 5.78. The quantitative estimate of drug-likeness (QED) is 0.684. The Balaban J connectivity index is 1.97. The SMILES string of the molecule is CC(C)(C)C(=O)Oc1ccccc1OC[C@H]1CCCNC1. The molecule has 2 rings (SSSR count). The van der Waals surface area contributed by atoms with E-state index in [1.165, 1.54) is 12.8 Å². The van der Waals surface area contributed by atoms with Gasteiger partial charge in [0.2, 0.25) is 0 Å². The average molecular weight is 291 g/mol. The van der Waals surface area contributed by atoms with Crippen molar-refractivity contribution in [1.82, 2.24) is 5.32 Å². The van der Waals surface area contributed by atoms with Crippen molar-refractivity contribution in [2.75, 3.05) is 19.7 Å². The number of nitrogens with one attached hydrogen (secondary N) is 1. The minimum absolute atomic E-state index is 0.252. The first-order chi connectivity index (χ1) is 9.97. The minimum Gasteiger partial charge on any atom is -0.489 e. The lowest BCUT2D eigenvalue weighted by molar-refractivity contribution is -0.143. The Bertz CT molecular complexity index is 473. The summed E-state index contributed by atoms with van der Waals surface area (Å²) in [4.78, 5) is 12.0. The number of hydrogen-bond donors (Lipinski definition) is 1. The highest BCUT2D eigenvalue weighted by Crippen LogP contribution is 2.29. The topological polar surface area (TPSA) is 47.6 Å². The third kappa shape index (κ3) is 4.74. The van der Waals surface area contributed by atoms with E-state index in [4.69, 9.17) is 9.47 Å². The Morgan fingerprint density at radius 3 is 2.62 bits per heavy atom. The molecule has 1 fully saturated rings. The Hall–Kier alpha value is -1.55. The maximum absolute atomic E-state index is 12.0. The zero-order chi connectivity index (χ0) is 15.3. The molecule has 0 saturated carbocycles. The molecule has 0 radical (unpaired) electrons. The minimum atomic E-state index is -0.527. The maximum Gasteiger partial charge on any atom is 0.316 e. The van der Waals surface area contributed by atoms with Crippen molar-refractivity contribution in [1.29, 1.82) is 0 Å². The second-order valence-electron chi connectivity index (χ2n) is 6.61. The van der Waals surface area contributed by atoms with Crippen LogP contribution in [-0.4, -0.2) is 25.7 Å². The van der Waals surface area contributed by atoms with E-state index in [-0.39, 0.29) is 5.97 Å². The normalized spacial score (nSPS) is 19.1. The van der Waals surface area contributed by atoms with Gasteiger partial charge in [-0.25, -0.2) is 0 Å². The summed E-state index contributed by atoms with van der Waals surface area (Å²) >= 11 is 0. The average Bonchev–Trinajstić information content (AvgIpc) is 2.46. The van der Waals surface area contributed by atoms with E-state index < -0.39 is 5.41 Å². The van der Waals surface area contributed by atoms with Crippen LogP contribution in [0.5, 0.6) is 11.5 Å². The van der Waals surface area contributed by atoms with Crippen molar-refractivity contribution in [3.05, 3.63) is 24.3 Å². The van der Waals surface area contributed by atoms with Crippen LogP contribution in [0, 0.1) is 11.3 Å². The summed E-state index contributed by atoms with van der Waals surface area (Å²) in [5.74, 6) is 1.41. The fourth-order valence-electron chi connectivity index (χ4n) is 2.18. The highest BCUT2D eigenvalue weighted by Gasteiger charge is 2.25. The molecule has 0 amide bonds. The standard InChI is InChI=1S/C17H25NO3/c1-17(2,3)16(19)21-15-9-5-4-8-14(15)20-12-13-7-6-10-18-11-13/h4-5,8-9,13,18H,6-7,10-12H2,1-3H3/t13-/m0/s1. The molecule has 4 nitrogen and oxygen atoms in total. The Labute approximate surface area is 126 Å². The lowest BCUT2D eigenvalue weighted by atomic mass is 9.97. The van der Waals surface area contributed by atoms with Gasteiger partial charge in [0.05, 0.1) is 12.0 Å². The van der Waals surface area contributed by atoms with Crippen LogP contribution in [-0.2, 0) is 4.79 Å². The van der Waals surface area contributed by atoms with E-state index in [0.717, 1.165) is 13.1 Å². The van der Waals surface area contributed by atoms with Gasteiger partial charge < -0.3 is 14.8 Å². The number of hydrogen-bond acceptors (Lipinski definition) is 4. The Morgan fingerprint density at radius 2 is 2.00 bits per heavy atom. The molecule has 1 aromatic carbocycles. The number of benzene rings is 1. The summed E-state index contributed by atoms with van der Waals surface area (Å²) < 4.78 is 11.3. The van der Waals surface area contributed by atoms with Crippen molar-refractivity contribution in [2.45, 2.75) is 33.6 Å². The van der Waals surface area contributed by atoms with Gasteiger partial charge in [0, 0.05) is 12.5 Å². The molecular weight excluding hydrogens is 266 g/mol. The first kappa shape index (κ1) is 15.8. The van der Waals surface area contributed by atoms with E-state index in [0.29, 0.717) is 24.0 Å².